The van der Waals surface area contributed by atoms with Crippen molar-refractivity contribution in [2.45, 2.75) is 18.9 Å². The van der Waals surface area contributed by atoms with Gasteiger partial charge in [0, 0.05) is 12.0 Å². The fraction of sp³-hybridized carbons (Fsp3) is 0.273. The van der Waals surface area contributed by atoms with E-state index in [2.05, 4.69) is 0 Å². The molecule has 0 fully saturated rings. The molecule has 0 bridgehead atoms. The zero-order valence-electron chi connectivity index (χ0n) is 8.83. The van der Waals surface area contributed by atoms with E-state index in [1.165, 1.54) is 18.2 Å². The van der Waals surface area contributed by atoms with Crippen molar-refractivity contribution >= 4 is 11.9 Å². The highest BCUT2D eigenvalue weighted by atomic mass is 16.4. The lowest BCUT2D eigenvalue weighted by atomic mass is 9.97. The lowest BCUT2D eigenvalue weighted by Crippen LogP contribution is -2.13. The monoisotopic (exact) mass is 240 g/mol. The molecule has 0 saturated carbocycles. The van der Waals surface area contributed by atoms with Crippen LogP contribution in [0.15, 0.2) is 18.2 Å². The van der Waals surface area contributed by atoms with Crippen LogP contribution >= 0.6 is 0 Å². The first-order valence-electron chi connectivity index (χ1n) is 4.87. The molecule has 1 unspecified atom stereocenters. The van der Waals surface area contributed by atoms with Crippen LogP contribution in [0.25, 0.3) is 0 Å². The van der Waals surface area contributed by atoms with Gasteiger partial charge >= 0.3 is 11.9 Å². The van der Waals surface area contributed by atoms with Crippen LogP contribution in [0, 0.1) is 0 Å². The van der Waals surface area contributed by atoms with Crippen molar-refractivity contribution in [3.05, 3.63) is 29.3 Å². The molecule has 0 aliphatic rings. The number of rotatable bonds is 5. The van der Waals surface area contributed by atoms with E-state index in [-0.39, 0.29) is 29.7 Å². The Hall–Kier alpha value is -2.08. The Labute approximate surface area is 96.8 Å². The summed E-state index contributed by atoms with van der Waals surface area (Å²) in [5.41, 5.74) is 0.156. The lowest BCUT2D eigenvalue weighted by Gasteiger charge is -2.13. The van der Waals surface area contributed by atoms with Gasteiger partial charge < -0.3 is 20.4 Å². The molecule has 6 heteroatoms. The third-order valence-corrected chi connectivity index (χ3v) is 2.30. The smallest absolute Gasteiger partial charge is 0.337 e. The zero-order valence-corrected chi connectivity index (χ0v) is 8.83. The minimum atomic E-state index is -1.77. The average Bonchev–Trinajstić information content (AvgIpc) is 2.25. The van der Waals surface area contributed by atoms with E-state index in [0.29, 0.717) is 0 Å². The number of carboxylic acid groups (broad SMARTS) is 2. The number of aliphatic hydroxyl groups excluding tert-OH is 1. The number of carboxylic acids is 2. The summed E-state index contributed by atoms with van der Waals surface area (Å²) in [6.45, 7) is 0. The standard InChI is InChI=1S/C11H12O6/c12-8-3-1-2-7(10(15)11(16)17)6(8)4-5-9(13)14/h1-3,10,12,15H,4-5H2,(H,13,14)(H,16,17). The quantitative estimate of drug-likeness (QED) is 0.596. The normalized spacial score (nSPS) is 12.1. The van der Waals surface area contributed by atoms with Crippen LogP contribution in [-0.2, 0) is 16.0 Å². The molecule has 1 aromatic carbocycles. The summed E-state index contributed by atoms with van der Waals surface area (Å²) in [4.78, 5) is 21.1. The Morgan fingerprint density at radius 3 is 2.41 bits per heavy atom. The molecule has 0 spiro atoms. The molecule has 0 radical (unpaired) electrons. The second-order valence-electron chi connectivity index (χ2n) is 3.48. The average molecular weight is 240 g/mol. The van der Waals surface area contributed by atoms with Gasteiger partial charge in [-0.1, -0.05) is 12.1 Å². The van der Waals surface area contributed by atoms with Gasteiger partial charge in [0.1, 0.15) is 5.75 Å². The second kappa shape index (κ2) is 5.31. The topological polar surface area (TPSA) is 115 Å². The molecule has 1 rings (SSSR count). The molecule has 0 aromatic heterocycles. The second-order valence-corrected chi connectivity index (χ2v) is 3.48. The van der Waals surface area contributed by atoms with Crippen LogP contribution in [0.1, 0.15) is 23.7 Å². The maximum atomic E-state index is 10.7. The molecule has 0 aliphatic carbocycles. The molecule has 6 nitrogen and oxygen atoms in total. The first kappa shape index (κ1) is 13.0. The molecule has 0 saturated heterocycles. The van der Waals surface area contributed by atoms with E-state index >= 15 is 0 Å². The van der Waals surface area contributed by atoms with Gasteiger partial charge in [0.25, 0.3) is 0 Å². The zero-order chi connectivity index (χ0) is 13.0. The number of phenolic OH excluding ortho intramolecular Hbond substituents is 1. The number of hydrogen-bond donors (Lipinski definition) is 4. The summed E-state index contributed by atoms with van der Waals surface area (Å²) in [6.07, 6.45) is -2.07. The Bertz CT molecular complexity index is 440. The van der Waals surface area contributed by atoms with E-state index in [4.69, 9.17) is 10.2 Å². The van der Waals surface area contributed by atoms with Crippen molar-refractivity contribution in [2.75, 3.05) is 0 Å². The highest BCUT2D eigenvalue weighted by Crippen LogP contribution is 2.27. The SMILES string of the molecule is O=C(O)CCc1c(O)cccc1C(O)C(=O)O. The van der Waals surface area contributed by atoms with Crippen molar-refractivity contribution < 1.29 is 30.0 Å². The molecule has 0 aliphatic heterocycles. The van der Waals surface area contributed by atoms with Gasteiger partial charge in [0.05, 0.1) is 0 Å². The van der Waals surface area contributed by atoms with Crippen molar-refractivity contribution in [3.63, 3.8) is 0 Å². The van der Waals surface area contributed by atoms with Crippen molar-refractivity contribution in [1.82, 2.24) is 0 Å². The fourth-order valence-corrected chi connectivity index (χ4v) is 1.49. The summed E-state index contributed by atoms with van der Waals surface area (Å²) < 4.78 is 0. The van der Waals surface area contributed by atoms with Crippen LogP contribution in [0.2, 0.25) is 0 Å². The minimum Gasteiger partial charge on any atom is -0.508 e. The van der Waals surface area contributed by atoms with Gasteiger partial charge in [-0.3, -0.25) is 4.79 Å². The van der Waals surface area contributed by atoms with Gasteiger partial charge in [-0.05, 0) is 18.1 Å². The van der Waals surface area contributed by atoms with Crippen molar-refractivity contribution in [3.8, 4) is 5.75 Å². The molecule has 4 N–H and O–H groups in total. The molecule has 1 atom stereocenters. The molecule has 92 valence electrons. The summed E-state index contributed by atoms with van der Waals surface area (Å²) in [7, 11) is 0. The highest BCUT2D eigenvalue weighted by Gasteiger charge is 2.21. The predicted octanol–water partition coefficient (Wildman–Crippen LogP) is 0.527. The number of aliphatic hydroxyl groups is 1. The third kappa shape index (κ3) is 3.18. The fourth-order valence-electron chi connectivity index (χ4n) is 1.49. The lowest BCUT2D eigenvalue weighted by molar-refractivity contribution is -0.147. The number of hydrogen-bond acceptors (Lipinski definition) is 4. The minimum absolute atomic E-state index is 0.0127. The number of benzene rings is 1. The van der Waals surface area contributed by atoms with Crippen LogP contribution in [-0.4, -0.2) is 32.4 Å². The summed E-state index contributed by atoms with van der Waals surface area (Å²) in [6, 6.07) is 4.05. The number of carbonyl (C=O) groups is 2. The van der Waals surface area contributed by atoms with Crippen LogP contribution < -0.4 is 0 Å². The first-order valence-corrected chi connectivity index (χ1v) is 4.87. The maximum absolute atomic E-state index is 10.7. The third-order valence-electron chi connectivity index (χ3n) is 2.30. The van der Waals surface area contributed by atoms with E-state index in [1.54, 1.807) is 0 Å². The molecule has 0 heterocycles. The van der Waals surface area contributed by atoms with Gasteiger partial charge in [-0.2, -0.15) is 0 Å². The van der Waals surface area contributed by atoms with Gasteiger partial charge in [0.2, 0.25) is 0 Å². The Morgan fingerprint density at radius 1 is 1.24 bits per heavy atom. The van der Waals surface area contributed by atoms with Crippen LogP contribution in [0.5, 0.6) is 5.75 Å². The Balaban J connectivity index is 3.07. The molecular formula is C11H12O6. The summed E-state index contributed by atoms with van der Waals surface area (Å²) >= 11 is 0. The van der Waals surface area contributed by atoms with Crippen molar-refractivity contribution in [1.29, 1.82) is 0 Å². The maximum Gasteiger partial charge on any atom is 0.337 e. The Morgan fingerprint density at radius 2 is 1.88 bits per heavy atom. The molecular weight excluding hydrogens is 228 g/mol. The summed E-state index contributed by atoms with van der Waals surface area (Å²) in [5.74, 6) is -2.74. The van der Waals surface area contributed by atoms with E-state index in [1.807, 2.05) is 0 Å². The van der Waals surface area contributed by atoms with E-state index in [0.717, 1.165) is 0 Å². The van der Waals surface area contributed by atoms with E-state index < -0.39 is 18.0 Å². The van der Waals surface area contributed by atoms with Gasteiger partial charge in [-0.25, -0.2) is 4.79 Å². The largest absolute Gasteiger partial charge is 0.508 e. The Kier molecular flexibility index (Phi) is 4.06. The first-order chi connectivity index (χ1) is 7.93. The predicted molar refractivity (Wildman–Crippen MR) is 56.7 cm³/mol. The number of aromatic hydroxyl groups is 1. The molecule has 0 amide bonds. The summed E-state index contributed by atoms with van der Waals surface area (Å²) in [5, 5.41) is 36.2. The van der Waals surface area contributed by atoms with E-state index in [9.17, 15) is 19.8 Å². The number of phenols is 1. The number of aliphatic carboxylic acids is 2. The molecule has 17 heavy (non-hydrogen) atoms. The van der Waals surface area contributed by atoms with Gasteiger partial charge in [0.15, 0.2) is 6.10 Å². The highest BCUT2D eigenvalue weighted by molar-refractivity contribution is 5.75. The van der Waals surface area contributed by atoms with Crippen molar-refractivity contribution in [2.24, 2.45) is 0 Å². The van der Waals surface area contributed by atoms with Crippen LogP contribution in [0.3, 0.4) is 0 Å². The van der Waals surface area contributed by atoms with Crippen LogP contribution in [0.4, 0.5) is 0 Å². The molecule has 1 aromatic rings. The van der Waals surface area contributed by atoms with Gasteiger partial charge in [-0.15, -0.1) is 0 Å².